The number of primary amides is 1. The summed E-state index contributed by atoms with van der Waals surface area (Å²) in [6.07, 6.45) is 4.28. The smallest absolute Gasteiger partial charge is 0.255 e. The number of benzene rings is 2. The normalized spacial score (nSPS) is 17.5. The molecule has 252 valence electrons. The molecule has 2 aromatic rings. The van der Waals surface area contributed by atoms with Crippen LogP contribution in [0.3, 0.4) is 0 Å². The van der Waals surface area contributed by atoms with Crippen LogP contribution in [0.5, 0.6) is 0 Å². The van der Waals surface area contributed by atoms with E-state index < -0.39 is 23.9 Å². The van der Waals surface area contributed by atoms with Crippen LogP contribution in [0.25, 0.3) is 0 Å². The van der Waals surface area contributed by atoms with Crippen LogP contribution >= 0.6 is 0 Å². The molecular formula is C34H38N6O8. The highest BCUT2D eigenvalue weighted by Gasteiger charge is 2.40. The summed E-state index contributed by atoms with van der Waals surface area (Å²) in [4.78, 5) is 101. The second kappa shape index (κ2) is 15.0. The maximum atomic E-state index is 13.0. The number of hydrogen-bond donors (Lipinski definition) is 4. The second-order valence-electron chi connectivity index (χ2n) is 12.2. The van der Waals surface area contributed by atoms with E-state index in [0.29, 0.717) is 52.8 Å². The third kappa shape index (κ3) is 7.59. The van der Waals surface area contributed by atoms with Gasteiger partial charge in [-0.15, -0.1) is 0 Å². The lowest BCUT2D eigenvalue weighted by Crippen LogP contribution is -2.52. The summed E-state index contributed by atoms with van der Waals surface area (Å²) in [5.41, 5.74) is 8.29. The maximum Gasteiger partial charge on any atom is 0.255 e. The Morgan fingerprint density at radius 3 is 1.98 bits per heavy atom. The van der Waals surface area contributed by atoms with Gasteiger partial charge in [-0.1, -0.05) is 25.0 Å². The molecule has 0 radical (unpaired) electrons. The lowest BCUT2D eigenvalue weighted by atomic mass is 10.0. The van der Waals surface area contributed by atoms with Crippen molar-refractivity contribution in [1.82, 2.24) is 15.1 Å². The van der Waals surface area contributed by atoms with Crippen molar-refractivity contribution in [3.05, 3.63) is 58.7 Å². The van der Waals surface area contributed by atoms with Crippen LogP contribution in [0.15, 0.2) is 36.4 Å². The van der Waals surface area contributed by atoms with Gasteiger partial charge in [-0.05, 0) is 49.9 Å². The first kappa shape index (κ1) is 33.9. The number of unbranched alkanes of at least 4 members (excludes halogenated alkanes) is 3. The molecular weight excluding hydrogens is 620 g/mol. The number of anilines is 2. The Balaban J connectivity index is 1.04. The van der Waals surface area contributed by atoms with Gasteiger partial charge in [0.15, 0.2) is 0 Å². The summed E-state index contributed by atoms with van der Waals surface area (Å²) in [6, 6.07) is 8.53. The highest BCUT2D eigenvalue weighted by Crippen LogP contribution is 2.33. The number of piperidine rings is 1. The third-order valence-electron chi connectivity index (χ3n) is 8.93. The summed E-state index contributed by atoms with van der Waals surface area (Å²) in [5, 5.41) is 8.04. The number of nitrogens with two attached hydrogens (primary N) is 1. The largest absolute Gasteiger partial charge is 0.370 e. The summed E-state index contributed by atoms with van der Waals surface area (Å²) in [5.74, 6) is -2.48. The van der Waals surface area contributed by atoms with Crippen LogP contribution in [-0.4, -0.2) is 69.5 Å². The lowest BCUT2D eigenvalue weighted by molar-refractivity contribution is -0.137. The molecule has 0 saturated carbocycles. The zero-order valence-corrected chi connectivity index (χ0v) is 26.4. The van der Waals surface area contributed by atoms with Crippen molar-refractivity contribution >= 4 is 59.0 Å². The van der Waals surface area contributed by atoms with Gasteiger partial charge in [-0.25, -0.2) is 0 Å². The van der Waals surface area contributed by atoms with E-state index in [1.54, 1.807) is 36.4 Å². The van der Waals surface area contributed by atoms with E-state index in [2.05, 4.69) is 16.0 Å². The van der Waals surface area contributed by atoms with E-state index in [4.69, 9.17) is 5.73 Å². The van der Waals surface area contributed by atoms with Gasteiger partial charge in [0.2, 0.25) is 29.5 Å². The van der Waals surface area contributed by atoms with Gasteiger partial charge in [-0.3, -0.25) is 38.9 Å². The Morgan fingerprint density at radius 2 is 1.42 bits per heavy atom. The minimum atomic E-state index is -0.795. The molecule has 5 rings (SSSR count). The molecule has 2 unspecified atom stereocenters. The van der Waals surface area contributed by atoms with Gasteiger partial charge in [0, 0.05) is 72.4 Å². The Morgan fingerprint density at radius 1 is 0.833 bits per heavy atom. The number of carbonyl (C=O) groups is 8. The van der Waals surface area contributed by atoms with Crippen molar-refractivity contribution in [2.75, 3.05) is 10.6 Å². The molecule has 1 saturated heterocycles. The SMILES string of the molecule is NC(=O)CCC(C=O)N1Cc2c(NC(=O)CCCCCCC(=O)Nc3cccc4c3CN(C3CCC(=O)NC3=O)C4=O)cccc2C1=O. The van der Waals surface area contributed by atoms with E-state index in [1.165, 1.54) is 9.80 Å². The average Bonchev–Trinajstić information content (AvgIpc) is 3.57. The summed E-state index contributed by atoms with van der Waals surface area (Å²) in [6.45, 7) is 0.296. The fraction of sp³-hybridized carbons (Fsp3) is 0.412. The van der Waals surface area contributed by atoms with Gasteiger partial charge in [0.1, 0.15) is 12.3 Å². The zero-order valence-electron chi connectivity index (χ0n) is 26.4. The molecule has 0 aliphatic carbocycles. The monoisotopic (exact) mass is 658 g/mol. The molecule has 3 aliphatic rings. The minimum Gasteiger partial charge on any atom is -0.370 e. The molecule has 14 nitrogen and oxygen atoms in total. The predicted octanol–water partition coefficient (Wildman–Crippen LogP) is 2.15. The standard InChI is InChI=1S/C34H38N6O8/c35-28(42)15-13-20(19-41)39-17-23-21(33(39)47)7-5-9-25(23)36-29(43)11-3-1-2-4-12-30(44)37-26-10-6-8-22-24(26)18-40(34(22)48)27-14-16-31(45)38-32(27)46/h5-10,19-20,27H,1-4,11-18H2,(H2,35,42)(H,36,43)(H,37,44)(H,38,45,46). The molecule has 5 N–H and O–H groups in total. The van der Waals surface area contributed by atoms with Crippen molar-refractivity contribution in [3.8, 4) is 0 Å². The van der Waals surface area contributed by atoms with Crippen LogP contribution in [0.4, 0.5) is 11.4 Å². The summed E-state index contributed by atoms with van der Waals surface area (Å²) < 4.78 is 0. The Labute approximate surface area is 276 Å². The molecule has 0 aromatic heterocycles. The van der Waals surface area contributed by atoms with Gasteiger partial charge in [0.25, 0.3) is 11.8 Å². The molecule has 14 heteroatoms. The Kier molecular flexibility index (Phi) is 10.6. The van der Waals surface area contributed by atoms with Crippen molar-refractivity contribution in [2.24, 2.45) is 5.73 Å². The number of aldehydes is 1. The van der Waals surface area contributed by atoms with Crippen molar-refractivity contribution in [1.29, 1.82) is 0 Å². The average molecular weight is 659 g/mol. The maximum absolute atomic E-state index is 13.0. The number of amides is 7. The number of rotatable bonds is 15. The molecule has 1 fully saturated rings. The van der Waals surface area contributed by atoms with Gasteiger partial charge in [-0.2, -0.15) is 0 Å². The molecule has 48 heavy (non-hydrogen) atoms. The first-order valence-corrected chi connectivity index (χ1v) is 16.1. The number of nitrogens with zero attached hydrogens (tertiary/aromatic N) is 2. The summed E-state index contributed by atoms with van der Waals surface area (Å²) >= 11 is 0. The van der Waals surface area contributed by atoms with Crippen molar-refractivity contribution in [3.63, 3.8) is 0 Å². The molecule has 7 amide bonds. The summed E-state index contributed by atoms with van der Waals surface area (Å²) in [7, 11) is 0. The highest BCUT2D eigenvalue weighted by atomic mass is 16.2. The van der Waals surface area contributed by atoms with Gasteiger partial charge in [0.05, 0.1) is 6.04 Å². The van der Waals surface area contributed by atoms with Crippen LogP contribution in [0, 0.1) is 0 Å². The zero-order chi connectivity index (χ0) is 34.4. The topological polar surface area (TPSA) is 205 Å². The number of nitrogens with one attached hydrogen (secondary N) is 3. The van der Waals surface area contributed by atoms with E-state index in [0.717, 1.165) is 12.8 Å². The number of carbonyl (C=O) groups excluding carboxylic acids is 8. The van der Waals surface area contributed by atoms with E-state index in [9.17, 15) is 38.4 Å². The lowest BCUT2D eigenvalue weighted by Gasteiger charge is -2.29. The van der Waals surface area contributed by atoms with Crippen molar-refractivity contribution in [2.45, 2.75) is 89.4 Å². The van der Waals surface area contributed by atoms with E-state index in [-0.39, 0.29) is 81.2 Å². The highest BCUT2D eigenvalue weighted by molar-refractivity contribution is 6.07. The predicted molar refractivity (Wildman–Crippen MR) is 172 cm³/mol. The first-order chi connectivity index (χ1) is 23.1. The molecule has 0 spiro atoms. The van der Waals surface area contributed by atoms with Crippen LogP contribution < -0.4 is 21.7 Å². The van der Waals surface area contributed by atoms with Gasteiger partial charge >= 0.3 is 0 Å². The number of hydrogen-bond acceptors (Lipinski definition) is 8. The first-order valence-electron chi connectivity index (χ1n) is 16.1. The number of imide groups is 1. The quantitative estimate of drug-likeness (QED) is 0.126. The minimum absolute atomic E-state index is 0.0260. The Hall–Kier alpha value is -5.40. The van der Waals surface area contributed by atoms with Crippen molar-refractivity contribution < 1.29 is 38.4 Å². The molecule has 2 atom stereocenters. The van der Waals surface area contributed by atoms with Crippen LogP contribution in [0.1, 0.15) is 96.1 Å². The fourth-order valence-electron chi connectivity index (χ4n) is 6.38. The van der Waals surface area contributed by atoms with Crippen LogP contribution in [0.2, 0.25) is 0 Å². The Bertz CT molecular complexity index is 1670. The third-order valence-corrected chi connectivity index (χ3v) is 8.93. The second-order valence-corrected chi connectivity index (χ2v) is 12.2. The fourth-order valence-corrected chi connectivity index (χ4v) is 6.38. The van der Waals surface area contributed by atoms with E-state index >= 15 is 0 Å². The molecule has 3 aliphatic heterocycles. The molecule has 3 heterocycles. The number of fused-ring (bicyclic) bond motifs is 2. The molecule has 2 aromatic carbocycles. The van der Waals surface area contributed by atoms with Crippen LogP contribution in [-0.2, 0) is 41.9 Å². The molecule has 0 bridgehead atoms. The van der Waals surface area contributed by atoms with E-state index in [1.807, 2.05) is 0 Å². The van der Waals surface area contributed by atoms with Gasteiger partial charge < -0.3 is 31.0 Å².